The third-order valence-electron chi connectivity index (χ3n) is 4.34. The molecule has 0 bridgehead atoms. The van der Waals surface area contributed by atoms with Crippen LogP contribution in [0.1, 0.15) is 48.1 Å². The Balaban J connectivity index is 2.30. The average Bonchev–Trinajstić information content (AvgIpc) is 2.91. The van der Waals surface area contributed by atoms with E-state index in [4.69, 9.17) is 9.47 Å². The number of amides is 1. The van der Waals surface area contributed by atoms with Crippen molar-refractivity contribution in [1.29, 1.82) is 0 Å². The highest BCUT2D eigenvalue weighted by molar-refractivity contribution is 6.04. The molecular formula is C21H27N3O4. The van der Waals surface area contributed by atoms with Gasteiger partial charge in [-0.05, 0) is 52.8 Å². The Morgan fingerprint density at radius 2 is 1.93 bits per heavy atom. The van der Waals surface area contributed by atoms with E-state index >= 15 is 0 Å². The number of hydrogen-bond acceptors (Lipinski definition) is 5. The first-order chi connectivity index (χ1) is 13.4. The maximum absolute atomic E-state index is 12.4. The molecule has 7 heteroatoms. The number of pyridine rings is 1. The SMILES string of the molecule is CCOC(=O)c1c(C=CC(=O)Nc2cccnc2OCC)c(C)n(CC)c1C. The fourth-order valence-corrected chi connectivity index (χ4v) is 3.12. The van der Waals surface area contributed by atoms with Crippen molar-refractivity contribution in [2.24, 2.45) is 0 Å². The molecule has 0 saturated carbocycles. The number of aromatic nitrogens is 2. The summed E-state index contributed by atoms with van der Waals surface area (Å²) in [6.45, 7) is 10.9. The van der Waals surface area contributed by atoms with Crippen molar-refractivity contribution in [3.63, 3.8) is 0 Å². The van der Waals surface area contributed by atoms with Crippen molar-refractivity contribution in [3.8, 4) is 5.88 Å². The number of hydrogen-bond donors (Lipinski definition) is 1. The number of nitrogens with one attached hydrogen (secondary N) is 1. The summed E-state index contributed by atoms with van der Waals surface area (Å²) in [5.41, 5.74) is 3.39. The molecule has 0 fully saturated rings. The van der Waals surface area contributed by atoms with Gasteiger partial charge in [0.1, 0.15) is 5.69 Å². The molecule has 0 aliphatic rings. The first-order valence-electron chi connectivity index (χ1n) is 9.38. The molecule has 1 amide bonds. The van der Waals surface area contributed by atoms with Crippen molar-refractivity contribution in [2.45, 2.75) is 41.2 Å². The number of esters is 1. The highest BCUT2D eigenvalue weighted by Gasteiger charge is 2.22. The van der Waals surface area contributed by atoms with Crippen LogP contribution in [0.4, 0.5) is 5.69 Å². The van der Waals surface area contributed by atoms with Crippen LogP contribution in [0.25, 0.3) is 6.08 Å². The highest BCUT2D eigenvalue weighted by Crippen LogP contribution is 2.25. The molecule has 0 aromatic carbocycles. The molecular weight excluding hydrogens is 358 g/mol. The van der Waals surface area contributed by atoms with Gasteiger partial charge in [0, 0.05) is 35.8 Å². The van der Waals surface area contributed by atoms with E-state index in [-0.39, 0.29) is 11.9 Å². The van der Waals surface area contributed by atoms with Crippen molar-refractivity contribution < 1.29 is 19.1 Å². The third-order valence-corrected chi connectivity index (χ3v) is 4.34. The smallest absolute Gasteiger partial charge is 0.340 e. The molecule has 2 aromatic heterocycles. The van der Waals surface area contributed by atoms with E-state index in [9.17, 15) is 9.59 Å². The molecule has 2 rings (SSSR count). The molecule has 0 saturated heterocycles. The van der Waals surface area contributed by atoms with Crippen LogP contribution in [0.2, 0.25) is 0 Å². The van der Waals surface area contributed by atoms with Crippen molar-refractivity contribution in [1.82, 2.24) is 9.55 Å². The summed E-state index contributed by atoms with van der Waals surface area (Å²) in [6.07, 6.45) is 4.64. The molecule has 0 aliphatic heterocycles. The van der Waals surface area contributed by atoms with Crippen molar-refractivity contribution in [2.75, 3.05) is 18.5 Å². The number of anilines is 1. The van der Waals surface area contributed by atoms with E-state index in [2.05, 4.69) is 10.3 Å². The monoisotopic (exact) mass is 385 g/mol. The summed E-state index contributed by atoms with van der Waals surface area (Å²) in [6, 6.07) is 3.44. The van der Waals surface area contributed by atoms with E-state index in [1.165, 1.54) is 6.08 Å². The van der Waals surface area contributed by atoms with Gasteiger partial charge in [0.15, 0.2) is 0 Å². The Labute approximate surface area is 165 Å². The van der Waals surface area contributed by atoms with Gasteiger partial charge in [-0.2, -0.15) is 0 Å². The Kier molecular flexibility index (Phi) is 7.37. The number of carbonyl (C=O) groups is 2. The lowest BCUT2D eigenvalue weighted by molar-refractivity contribution is -0.111. The van der Waals surface area contributed by atoms with Crippen LogP contribution in [0, 0.1) is 13.8 Å². The van der Waals surface area contributed by atoms with Gasteiger partial charge >= 0.3 is 5.97 Å². The van der Waals surface area contributed by atoms with Gasteiger partial charge in [0.25, 0.3) is 0 Å². The minimum Gasteiger partial charge on any atom is -0.476 e. The first kappa shape index (κ1) is 21.2. The maximum Gasteiger partial charge on any atom is 0.340 e. The molecule has 2 aromatic rings. The lowest BCUT2D eigenvalue weighted by Gasteiger charge is -2.08. The Hall–Kier alpha value is -3.09. The zero-order valence-electron chi connectivity index (χ0n) is 17.0. The van der Waals surface area contributed by atoms with Crippen LogP contribution >= 0.6 is 0 Å². The lowest BCUT2D eigenvalue weighted by atomic mass is 10.1. The number of carbonyl (C=O) groups excluding carboxylic acids is 2. The van der Waals surface area contributed by atoms with Crippen molar-refractivity contribution >= 4 is 23.6 Å². The van der Waals surface area contributed by atoms with Gasteiger partial charge in [-0.25, -0.2) is 9.78 Å². The van der Waals surface area contributed by atoms with Crippen LogP contribution in [0.3, 0.4) is 0 Å². The summed E-state index contributed by atoms with van der Waals surface area (Å²) in [4.78, 5) is 29.0. The van der Waals surface area contributed by atoms with Gasteiger partial charge in [0.05, 0.1) is 18.8 Å². The molecule has 0 spiro atoms. The summed E-state index contributed by atoms with van der Waals surface area (Å²) < 4.78 is 12.6. The molecule has 0 unspecified atom stereocenters. The topological polar surface area (TPSA) is 82.5 Å². The van der Waals surface area contributed by atoms with Crippen molar-refractivity contribution in [3.05, 3.63) is 46.9 Å². The molecule has 0 atom stereocenters. The lowest BCUT2D eigenvalue weighted by Crippen LogP contribution is -2.10. The summed E-state index contributed by atoms with van der Waals surface area (Å²) in [7, 11) is 0. The van der Waals surface area contributed by atoms with E-state index in [0.29, 0.717) is 35.9 Å². The predicted molar refractivity (Wildman–Crippen MR) is 109 cm³/mol. The van der Waals surface area contributed by atoms with Gasteiger partial charge in [-0.1, -0.05) is 0 Å². The second-order valence-corrected chi connectivity index (χ2v) is 6.04. The van der Waals surface area contributed by atoms with Gasteiger partial charge < -0.3 is 19.4 Å². The van der Waals surface area contributed by atoms with E-state index in [1.54, 1.807) is 31.3 Å². The summed E-state index contributed by atoms with van der Waals surface area (Å²) in [5, 5.41) is 2.76. The fraction of sp³-hybridized carbons (Fsp3) is 0.381. The largest absolute Gasteiger partial charge is 0.476 e. The molecule has 7 nitrogen and oxygen atoms in total. The average molecular weight is 385 g/mol. The van der Waals surface area contributed by atoms with Gasteiger partial charge in [0.2, 0.25) is 11.8 Å². The van der Waals surface area contributed by atoms with Crippen LogP contribution in [0.15, 0.2) is 24.4 Å². The molecule has 1 N–H and O–H groups in total. The second-order valence-electron chi connectivity index (χ2n) is 6.04. The number of nitrogens with zero attached hydrogens (tertiary/aromatic N) is 2. The highest BCUT2D eigenvalue weighted by atomic mass is 16.5. The Morgan fingerprint density at radius 1 is 1.18 bits per heavy atom. The molecule has 0 aliphatic carbocycles. The molecule has 28 heavy (non-hydrogen) atoms. The molecule has 150 valence electrons. The zero-order valence-corrected chi connectivity index (χ0v) is 17.0. The molecule has 0 radical (unpaired) electrons. The van der Waals surface area contributed by atoms with Crippen LogP contribution in [-0.2, 0) is 16.1 Å². The van der Waals surface area contributed by atoms with Crippen LogP contribution in [-0.4, -0.2) is 34.6 Å². The fourth-order valence-electron chi connectivity index (χ4n) is 3.12. The summed E-state index contributed by atoms with van der Waals surface area (Å²) in [5.74, 6) is -0.366. The van der Waals surface area contributed by atoms with E-state index < -0.39 is 0 Å². The quantitative estimate of drug-likeness (QED) is 0.553. The maximum atomic E-state index is 12.4. The number of rotatable bonds is 8. The summed E-state index contributed by atoms with van der Waals surface area (Å²) >= 11 is 0. The third kappa shape index (κ3) is 4.60. The number of ether oxygens (including phenoxy) is 2. The molecule has 2 heterocycles. The van der Waals surface area contributed by atoms with E-state index in [1.807, 2.05) is 32.3 Å². The minimum absolute atomic E-state index is 0.291. The zero-order chi connectivity index (χ0) is 20.7. The standard InChI is InChI=1S/C21H27N3O4/c1-6-24-14(4)16(19(15(24)5)21(26)28-8-3)11-12-18(25)23-17-10-9-13-22-20(17)27-7-2/h9-13H,6-8H2,1-5H3,(H,23,25). The van der Waals surface area contributed by atoms with E-state index in [0.717, 1.165) is 17.9 Å². The first-order valence-corrected chi connectivity index (χ1v) is 9.38. The Bertz CT molecular complexity index is 884. The van der Waals surface area contributed by atoms with Crippen LogP contribution in [0.5, 0.6) is 5.88 Å². The predicted octanol–water partition coefficient (Wildman–Crippen LogP) is 3.75. The normalized spacial score (nSPS) is 10.9. The minimum atomic E-state index is -0.388. The van der Waals surface area contributed by atoms with Crippen LogP contribution < -0.4 is 10.1 Å². The van der Waals surface area contributed by atoms with Gasteiger partial charge in [-0.15, -0.1) is 0 Å². The Morgan fingerprint density at radius 3 is 2.57 bits per heavy atom. The second kappa shape index (κ2) is 9.73. The van der Waals surface area contributed by atoms with Gasteiger partial charge in [-0.3, -0.25) is 4.79 Å².